The van der Waals surface area contributed by atoms with Crippen LogP contribution in [0.2, 0.25) is 0 Å². The van der Waals surface area contributed by atoms with Crippen LogP contribution in [0.4, 0.5) is 0 Å². The molecule has 0 radical (unpaired) electrons. The van der Waals surface area contributed by atoms with Crippen molar-refractivity contribution < 1.29 is 79.3 Å². The van der Waals surface area contributed by atoms with Crippen LogP contribution in [0, 0.1) is 29.6 Å². The van der Waals surface area contributed by atoms with Gasteiger partial charge < -0.3 is 38.8 Å². The maximum absolute atomic E-state index is 14.1. The molecular formula is C51H82N2O17S2. The molecule has 14 atom stereocenters. The number of cyclic esters (lactones) is 1. The van der Waals surface area contributed by atoms with E-state index < -0.39 is 116 Å². The summed E-state index contributed by atoms with van der Waals surface area (Å²) in [6, 6.07) is -2.41. The third-order valence-electron chi connectivity index (χ3n) is 14.6. The largest absolute Gasteiger partial charge is 0.460 e. The number of hydrogen-bond donors (Lipinski definition) is 4. The Morgan fingerprint density at radius 2 is 1.53 bits per heavy atom. The van der Waals surface area contributed by atoms with Crippen molar-refractivity contribution in [1.29, 1.82) is 0 Å². The van der Waals surface area contributed by atoms with Gasteiger partial charge in [0.05, 0.1) is 29.8 Å². The van der Waals surface area contributed by atoms with E-state index in [1.807, 2.05) is 13.0 Å². The molecule has 0 aromatic heterocycles. The van der Waals surface area contributed by atoms with Gasteiger partial charge in [-0.15, -0.1) is 0 Å². The second kappa shape index (κ2) is 28.4. The van der Waals surface area contributed by atoms with Crippen LogP contribution in [0.15, 0.2) is 47.6 Å². The first-order chi connectivity index (χ1) is 33.6. The second-order valence-corrected chi connectivity index (χ2v) is 23.6. The number of carbonyl (C=O) groups is 5. The molecule has 7 unspecified atom stereocenters. The summed E-state index contributed by atoms with van der Waals surface area (Å²) in [6.07, 6.45) is 8.54. The fourth-order valence-electron chi connectivity index (χ4n) is 9.59. The Balaban J connectivity index is 2.05. The molecule has 0 aromatic carbocycles. The summed E-state index contributed by atoms with van der Waals surface area (Å²) >= 11 is 0. The van der Waals surface area contributed by atoms with Crippen molar-refractivity contribution in [1.82, 2.24) is 9.62 Å². The van der Waals surface area contributed by atoms with E-state index in [1.54, 1.807) is 72.3 Å². The van der Waals surface area contributed by atoms with Crippen LogP contribution >= 0.6 is 0 Å². The Morgan fingerprint density at radius 3 is 2.15 bits per heavy atom. The van der Waals surface area contributed by atoms with Crippen LogP contribution in [0.3, 0.4) is 0 Å². The van der Waals surface area contributed by atoms with Crippen LogP contribution in [-0.2, 0) is 67.8 Å². The number of aliphatic hydroxyl groups excluding tert-OH is 1. The summed E-state index contributed by atoms with van der Waals surface area (Å²) in [5.41, 5.74) is 0.800. The number of methoxy groups -OCH3 is 3. The number of esters is 1. The highest BCUT2D eigenvalue weighted by atomic mass is 32.2. The lowest BCUT2D eigenvalue weighted by molar-refractivity contribution is -0.263. The lowest BCUT2D eigenvalue weighted by atomic mass is 9.78. The van der Waals surface area contributed by atoms with Crippen molar-refractivity contribution >= 4 is 49.4 Å². The van der Waals surface area contributed by atoms with E-state index in [-0.39, 0.29) is 61.3 Å². The van der Waals surface area contributed by atoms with Gasteiger partial charge >= 0.3 is 5.97 Å². The van der Waals surface area contributed by atoms with E-state index in [9.17, 15) is 55.6 Å². The highest BCUT2D eigenvalue weighted by Crippen LogP contribution is 2.37. The number of amides is 1. The van der Waals surface area contributed by atoms with Crippen molar-refractivity contribution in [2.24, 2.45) is 29.6 Å². The van der Waals surface area contributed by atoms with Crippen molar-refractivity contribution in [2.45, 2.75) is 174 Å². The molecule has 21 heteroatoms. The Bertz CT molecular complexity index is 2210. The Morgan fingerprint density at radius 1 is 0.861 bits per heavy atom. The summed E-state index contributed by atoms with van der Waals surface area (Å²) in [7, 11) is -2.84. The van der Waals surface area contributed by atoms with Gasteiger partial charge in [-0.25, -0.2) is 17.9 Å². The van der Waals surface area contributed by atoms with Gasteiger partial charge in [-0.2, -0.15) is 8.42 Å². The molecule has 1 amide bonds. The molecule has 1 saturated carbocycles. The Labute approximate surface area is 427 Å². The standard InChI is InChI=1S/C51H82N2O17S2/c1-31-18-15-13-12-14-16-19-32(2)45(55)47(68-11)46(56)35(5)26-33(3)41(54)30-43(34(4)27-38-21-23-42(66-9)44(28-38)67-10)69-50(59)37(7)53(8)49(58)48(57)51(60)36(6)20-22-39(70-51)29-40(31)52-71(61,62)24-17-25-72(63,64)65/h12-15,18,26,32-34,36-40,42-44,46-47,52,56,60H,16-17,19-25,27-30H2,1-11H3,(H,63,64,65)/b14-12-,15-13-,31-18-,35-26-/t32?,33?,34-,36+,37?,38+,39-,40?,42-,43?,44-,46?,47?,51+/m1/s1. The number of allylic oxidation sites excluding steroid dienone is 6. The number of carbonyl (C=O) groups excluding carboxylic acids is 5. The van der Waals surface area contributed by atoms with Crippen LogP contribution in [0.5, 0.6) is 0 Å². The van der Waals surface area contributed by atoms with Gasteiger partial charge in [-0.3, -0.25) is 23.7 Å². The molecule has 410 valence electrons. The molecule has 1 saturated heterocycles. The molecule has 3 aliphatic rings. The molecular weight excluding hydrogens is 977 g/mol. The molecule has 2 aliphatic heterocycles. The molecule has 1 aliphatic carbocycles. The molecule has 4 N–H and O–H groups in total. The first kappa shape index (κ1) is 62.8. The Kier molecular flexibility index (Phi) is 24.8. The number of sulfonamides is 1. The fraction of sp³-hybridized carbons (Fsp3) is 0.745. The zero-order valence-corrected chi connectivity index (χ0v) is 45.6. The molecule has 2 fully saturated rings. The maximum atomic E-state index is 14.1. The SMILES string of the molecule is COC1C(=O)C(C)CC\C=C/C=C\C=C(\C)C(NS(=O)(=O)CCCS(=O)(=O)O)C[C@H]2CC[C@H](C)[C@](O)(O2)C(=O)C(=O)N(C)C(C)C(=O)OC([C@H](C)C[C@@H]2CC[C@@H](OC)[C@H](OC)C2)CC(=O)C(C)/C=C(/C)C1O. The minimum absolute atomic E-state index is 0.0835. The lowest BCUT2D eigenvalue weighted by Crippen LogP contribution is -2.59. The van der Waals surface area contributed by atoms with E-state index in [4.69, 9.17) is 23.7 Å². The first-order valence-electron chi connectivity index (χ1n) is 25.0. The quantitative estimate of drug-likeness (QED) is 0.0899. The number of Topliss-reactive ketones (excluding diaryl/α,β-unsaturated/α-hetero) is 3. The van der Waals surface area contributed by atoms with E-state index in [0.29, 0.717) is 36.8 Å². The number of nitrogens with one attached hydrogen (secondary N) is 1. The van der Waals surface area contributed by atoms with Gasteiger partial charge in [0.15, 0.2) is 5.78 Å². The average molecular weight is 1060 g/mol. The van der Waals surface area contributed by atoms with Crippen LogP contribution in [0.1, 0.15) is 119 Å². The molecule has 2 bridgehead atoms. The molecule has 0 aromatic rings. The summed E-state index contributed by atoms with van der Waals surface area (Å²) in [6.45, 7) is 11.4. The van der Waals surface area contributed by atoms with Gasteiger partial charge in [0.1, 0.15) is 30.1 Å². The fourth-order valence-corrected chi connectivity index (χ4v) is 11.6. The van der Waals surface area contributed by atoms with E-state index >= 15 is 0 Å². The number of ketones is 3. The van der Waals surface area contributed by atoms with Crippen molar-refractivity contribution in [2.75, 3.05) is 39.9 Å². The number of fused-ring (bicyclic) bond motifs is 2. The molecule has 19 nitrogen and oxygen atoms in total. The van der Waals surface area contributed by atoms with Crippen molar-refractivity contribution in [3.05, 3.63) is 47.6 Å². The number of hydrogen-bond acceptors (Lipinski definition) is 16. The zero-order valence-electron chi connectivity index (χ0n) is 44.0. The van der Waals surface area contributed by atoms with E-state index in [2.05, 4.69) is 4.72 Å². The average Bonchev–Trinajstić information content (AvgIpc) is 3.32. The molecule has 2 heterocycles. The maximum Gasteiger partial charge on any atom is 0.328 e. The van der Waals surface area contributed by atoms with Crippen LogP contribution < -0.4 is 4.72 Å². The minimum atomic E-state index is -4.44. The third kappa shape index (κ3) is 18.4. The Hall–Kier alpha value is -3.51. The highest BCUT2D eigenvalue weighted by molar-refractivity contribution is 7.89. The number of nitrogens with zero attached hydrogens (tertiary/aromatic N) is 1. The summed E-state index contributed by atoms with van der Waals surface area (Å²) in [5.74, 6) is -10.8. The van der Waals surface area contributed by atoms with Crippen molar-refractivity contribution in [3.8, 4) is 0 Å². The smallest absolute Gasteiger partial charge is 0.328 e. The topological polar surface area (TPSA) is 276 Å². The van der Waals surface area contributed by atoms with Gasteiger partial charge in [0.2, 0.25) is 15.8 Å². The van der Waals surface area contributed by atoms with Gasteiger partial charge in [-0.05, 0) is 102 Å². The molecule has 3 rings (SSSR count). The number of rotatable bonds is 12. The normalized spacial score (nSPS) is 36.1. The van der Waals surface area contributed by atoms with Gasteiger partial charge in [0.25, 0.3) is 21.8 Å². The van der Waals surface area contributed by atoms with Crippen molar-refractivity contribution in [3.63, 3.8) is 0 Å². The zero-order chi connectivity index (χ0) is 54.3. The second-order valence-electron chi connectivity index (χ2n) is 20.2. The van der Waals surface area contributed by atoms with Crippen LogP contribution in [-0.4, -0.2) is 160 Å². The highest BCUT2D eigenvalue weighted by Gasteiger charge is 2.52. The number of likely N-dealkylation sites (N-methyl/N-ethyl adjacent to an activating group) is 1. The lowest BCUT2D eigenvalue weighted by Gasteiger charge is -2.42. The monoisotopic (exact) mass is 1060 g/mol. The molecule has 0 spiro atoms. The molecule has 72 heavy (non-hydrogen) atoms. The predicted octanol–water partition coefficient (Wildman–Crippen LogP) is 4.61. The number of aliphatic hydroxyl groups is 2. The van der Waals surface area contributed by atoms with E-state index in [1.165, 1.54) is 28.0 Å². The third-order valence-corrected chi connectivity index (χ3v) is 16.9. The van der Waals surface area contributed by atoms with Crippen LogP contribution in [0.25, 0.3) is 0 Å². The van der Waals surface area contributed by atoms with E-state index in [0.717, 1.165) is 17.7 Å². The summed E-state index contributed by atoms with van der Waals surface area (Å²) in [5, 5.41) is 23.3. The summed E-state index contributed by atoms with van der Waals surface area (Å²) in [4.78, 5) is 70.7. The van der Waals surface area contributed by atoms with Gasteiger partial charge in [0, 0.05) is 58.6 Å². The summed E-state index contributed by atoms with van der Waals surface area (Å²) < 4.78 is 90.0. The number of ether oxygens (including phenoxy) is 5. The van der Waals surface area contributed by atoms with Gasteiger partial charge in [-0.1, -0.05) is 69.7 Å². The first-order valence-corrected chi connectivity index (χ1v) is 28.2. The predicted molar refractivity (Wildman–Crippen MR) is 269 cm³/mol. The minimum Gasteiger partial charge on any atom is -0.460 e.